The van der Waals surface area contributed by atoms with Crippen LogP contribution >= 0.6 is 0 Å². The molecular formula is C10H7F2NO3. The number of fused-ring (bicyclic) bond motifs is 1. The zero-order chi connectivity index (χ0) is 11.9. The van der Waals surface area contributed by atoms with E-state index in [0.717, 1.165) is 6.07 Å². The second-order valence-electron chi connectivity index (χ2n) is 3.49. The summed E-state index contributed by atoms with van der Waals surface area (Å²) < 4.78 is 26.2. The summed E-state index contributed by atoms with van der Waals surface area (Å²) in [5.74, 6) is -4.89. The van der Waals surface area contributed by atoms with Gasteiger partial charge in [-0.15, -0.1) is 0 Å². The van der Waals surface area contributed by atoms with Crippen LogP contribution in [0.3, 0.4) is 0 Å². The van der Waals surface area contributed by atoms with Gasteiger partial charge in [-0.2, -0.15) is 0 Å². The van der Waals surface area contributed by atoms with Gasteiger partial charge in [0.15, 0.2) is 0 Å². The highest BCUT2D eigenvalue weighted by molar-refractivity contribution is 5.99. The van der Waals surface area contributed by atoms with Crippen molar-refractivity contribution in [2.24, 2.45) is 0 Å². The Morgan fingerprint density at radius 1 is 1.44 bits per heavy atom. The number of carbonyl (C=O) groups excluding carboxylic acids is 1. The van der Waals surface area contributed by atoms with Gasteiger partial charge in [0.05, 0.1) is 11.6 Å². The minimum atomic E-state index is -1.28. The van der Waals surface area contributed by atoms with E-state index in [1.807, 2.05) is 0 Å². The summed E-state index contributed by atoms with van der Waals surface area (Å²) in [6.07, 6.45) is -0.314. The lowest BCUT2D eigenvalue weighted by Crippen LogP contribution is -2.28. The highest BCUT2D eigenvalue weighted by Crippen LogP contribution is 2.34. The molecule has 0 aliphatic carbocycles. The van der Waals surface area contributed by atoms with E-state index < -0.39 is 29.4 Å². The van der Waals surface area contributed by atoms with Crippen LogP contribution in [0.1, 0.15) is 17.9 Å². The lowest BCUT2D eigenvalue weighted by Gasteiger charge is -2.22. The molecule has 84 valence electrons. The number of benzene rings is 1. The van der Waals surface area contributed by atoms with E-state index in [-0.39, 0.29) is 17.7 Å². The van der Waals surface area contributed by atoms with Crippen LogP contribution in [-0.4, -0.2) is 17.0 Å². The van der Waals surface area contributed by atoms with Gasteiger partial charge >= 0.3 is 5.97 Å². The van der Waals surface area contributed by atoms with Crippen molar-refractivity contribution in [1.82, 2.24) is 0 Å². The quantitative estimate of drug-likeness (QED) is 0.763. The third-order valence-corrected chi connectivity index (χ3v) is 2.41. The number of rotatable bonds is 1. The van der Waals surface area contributed by atoms with Crippen LogP contribution in [0.25, 0.3) is 0 Å². The van der Waals surface area contributed by atoms with E-state index >= 15 is 0 Å². The number of hydrogen-bond acceptors (Lipinski definition) is 2. The van der Waals surface area contributed by atoms with E-state index in [1.54, 1.807) is 0 Å². The van der Waals surface area contributed by atoms with Gasteiger partial charge in [0.25, 0.3) is 0 Å². The fourth-order valence-corrected chi connectivity index (χ4v) is 1.71. The van der Waals surface area contributed by atoms with Gasteiger partial charge < -0.3 is 10.4 Å². The zero-order valence-electron chi connectivity index (χ0n) is 7.96. The van der Waals surface area contributed by atoms with Crippen molar-refractivity contribution in [3.8, 4) is 0 Å². The van der Waals surface area contributed by atoms with E-state index in [1.165, 1.54) is 0 Å². The summed E-state index contributed by atoms with van der Waals surface area (Å²) in [7, 11) is 0. The Morgan fingerprint density at radius 3 is 2.75 bits per heavy atom. The minimum absolute atomic E-state index is 0.0374. The van der Waals surface area contributed by atoms with Crippen LogP contribution in [-0.2, 0) is 9.59 Å². The average molecular weight is 227 g/mol. The molecule has 0 saturated heterocycles. The normalized spacial score (nSPS) is 18.9. The summed E-state index contributed by atoms with van der Waals surface area (Å²) >= 11 is 0. The van der Waals surface area contributed by atoms with Gasteiger partial charge in [-0.25, -0.2) is 8.78 Å². The molecule has 2 N–H and O–H groups in total. The Hall–Kier alpha value is -1.98. The molecule has 16 heavy (non-hydrogen) atoms. The summed E-state index contributed by atoms with van der Waals surface area (Å²) in [5, 5.41) is 11.1. The smallest absolute Gasteiger partial charge is 0.311 e. The predicted molar refractivity (Wildman–Crippen MR) is 50.0 cm³/mol. The molecule has 4 nitrogen and oxygen atoms in total. The molecule has 1 aliphatic heterocycles. The maximum absolute atomic E-state index is 13.3. The number of anilines is 1. The number of carboxylic acid groups (broad SMARTS) is 1. The van der Waals surface area contributed by atoms with Crippen molar-refractivity contribution in [1.29, 1.82) is 0 Å². The fraction of sp³-hybridized carbons (Fsp3) is 0.200. The molecule has 1 heterocycles. The molecular weight excluding hydrogens is 220 g/mol. The number of carboxylic acids is 1. The first kappa shape index (κ1) is 10.5. The third-order valence-electron chi connectivity index (χ3n) is 2.41. The van der Waals surface area contributed by atoms with E-state index in [0.29, 0.717) is 6.07 Å². The lowest BCUT2D eigenvalue weighted by molar-refractivity contribution is -0.140. The monoisotopic (exact) mass is 227 g/mol. The topological polar surface area (TPSA) is 66.4 Å². The maximum Gasteiger partial charge on any atom is 0.311 e. The van der Waals surface area contributed by atoms with Crippen LogP contribution < -0.4 is 5.32 Å². The highest BCUT2D eigenvalue weighted by Gasteiger charge is 2.32. The molecule has 1 amide bonds. The Morgan fingerprint density at radius 2 is 2.12 bits per heavy atom. The van der Waals surface area contributed by atoms with Crippen molar-refractivity contribution in [2.45, 2.75) is 12.3 Å². The summed E-state index contributed by atoms with van der Waals surface area (Å²) in [6.45, 7) is 0. The molecule has 6 heteroatoms. The molecule has 0 unspecified atom stereocenters. The number of aliphatic carboxylic acids is 1. The van der Waals surface area contributed by atoms with Crippen LogP contribution in [0.5, 0.6) is 0 Å². The molecule has 0 fully saturated rings. The Labute approximate surface area is 88.9 Å². The van der Waals surface area contributed by atoms with Gasteiger partial charge in [0, 0.05) is 12.5 Å². The molecule has 0 radical (unpaired) electrons. The van der Waals surface area contributed by atoms with E-state index in [2.05, 4.69) is 5.32 Å². The van der Waals surface area contributed by atoms with Crippen LogP contribution in [0, 0.1) is 11.6 Å². The fourth-order valence-electron chi connectivity index (χ4n) is 1.71. The second-order valence-corrected chi connectivity index (χ2v) is 3.49. The van der Waals surface area contributed by atoms with Gasteiger partial charge in [0.1, 0.15) is 11.6 Å². The number of amides is 1. The summed E-state index contributed by atoms with van der Waals surface area (Å²) in [5.41, 5.74) is -0.283. The van der Waals surface area contributed by atoms with Crippen molar-refractivity contribution in [3.63, 3.8) is 0 Å². The van der Waals surface area contributed by atoms with Crippen molar-refractivity contribution >= 4 is 17.6 Å². The molecule has 1 aromatic rings. The first-order chi connectivity index (χ1) is 7.49. The van der Waals surface area contributed by atoms with Crippen molar-refractivity contribution in [3.05, 3.63) is 29.3 Å². The number of halogens is 2. The highest BCUT2D eigenvalue weighted by atomic mass is 19.1. The number of nitrogens with one attached hydrogen (secondary N) is 1. The maximum atomic E-state index is 13.3. The lowest BCUT2D eigenvalue weighted by atomic mass is 9.90. The molecule has 0 bridgehead atoms. The molecule has 0 aromatic heterocycles. The van der Waals surface area contributed by atoms with Gasteiger partial charge in [-0.3, -0.25) is 9.59 Å². The molecule has 2 rings (SSSR count). The second kappa shape index (κ2) is 3.55. The molecule has 0 spiro atoms. The van der Waals surface area contributed by atoms with Crippen molar-refractivity contribution in [2.75, 3.05) is 5.32 Å². The van der Waals surface area contributed by atoms with Crippen LogP contribution in [0.4, 0.5) is 14.5 Å². The number of hydrogen-bond donors (Lipinski definition) is 2. The molecule has 1 aliphatic rings. The SMILES string of the molecule is O=C1C[C@@H](C(=O)O)c2cc(F)cc(F)c2N1. The molecule has 1 aromatic carbocycles. The summed E-state index contributed by atoms with van der Waals surface area (Å²) in [4.78, 5) is 22.0. The van der Waals surface area contributed by atoms with Gasteiger partial charge in [-0.05, 0) is 11.6 Å². The van der Waals surface area contributed by atoms with Gasteiger partial charge in [0.2, 0.25) is 5.91 Å². The molecule has 1 atom stereocenters. The predicted octanol–water partition coefficient (Wildman–Crippen LogP) is 1.48. The Kier molecular flexibility index (Phi) is 2.34. The van der Waals surface area contributed by atoms with Crippen LogP contribution in [0.2, 0.25) is 0 Å². The molecule has 0 saturated carbocycles. The third kappa shape index (κ3) is 1.62. The Bertz CT molecular complexity index is 487. The zero-order valence-corrected chi connectivity index (χ0v) is 7.96. The standard InChI is InChI=1S/C10H7F2NO3/c11-4-1-5-6(10(15)16)3-8(14)13-9(5)7(12)2-4/h1-2,6H,3H2,(H,13,14)(H,15,16)/t6-/m1/s1. The Balaban J connectivity index is 2.61. The number of carbonyl (C=O) groups is 2. The van der Waals surface area contributed by atoms with E-state index in [4.69, 9.17) is 5.11 Å². The largest absolute Gasteiger partial charge is 0.481 e. The average Bonchev–Trinajstić information content (AvgIpc) is 2.18. The van der Waals surface area contributed by atoms with Crippen molar-refractivity contribution < 1.29 is 23.5 Å². The van der Waals surface area contributed by atoms with Gasteiger partial charge in [-0.1, -0.05) is 0 Å². The summed E-state index contributed by atoms with van der Waals surface area (Å²) in [6, 6.07) is 1.53. The van der Waals surface area contributed by atoms with Crippen LogP contribution in [0.15, 0.2) is 12.1 Å². The van der Waals surface area contributed by atoms with E-state index in [9.17, 15) is 18.4 Å². The first-order valence-electron chi connectivity index (χ1n) is 4.50. The first-order valence-corrected chi connectivity index (χ1v) is 4.50. The minimum Gasteiger partial charge on any atom is -0.481 e.